The Labute approximate surface area is 222 Å². The van der Waals surface area contributed by atoms with Crippen LogP contribution < -0.4 is 5.32 Å². The number of amides is 2. The molecule has 0 aromatic carbocycles. The molecular weight excluding hydrogens is 484 g/mol. The van der Waals surface area contributed by atoms with Gasteiger partial charge in [-0.05, 0) is 44.4 Å². The van der Waals surface area contributed by atoms with Crippen LogP contribution in [0.5, 0.6) is 0 Å². The van der Waals surface area contributed by atoms with Crippen LogP contribution in [0, 0.1) is 0 Å². The van der Waals surface area contributed by atoms with Gasteiger partial charge in [-0.25, -0.2) is 14.8 Å². The van der Waals surface area contributed by atoms with Crippen molar-refractivity contribution in [3.8, 4) is 0 Å². The average molecular weight is 521 g/mol. The molecule has 0 radical (unpaired) electrons. The fourth-order valence-corrected chi connectivity index (χ4v) is 5.90. The van der Waals surface area contributed by atoms with Gasteiger partial charge in [-0.2, -0.15) is 4.98 Å². The summed E-state index contributed by atoms with van der Waals surface area (Å²) in [6.45, 7) is 5.96. The summed E-state index contributed by atoms with van der Waals surface area (Å²) in [6.07, 6.45) is 7.11. The monoisotopic (exact) mass is 520 g/mol. The molecule has 4 heterocycles. The van der Waals surface area contributed by atoms with Crippen LogP contribution in [-0.2, 0) is 6.54 Å². The Morgan fingerprint density at radius 1 is 1.08 bits per heavy atom. The first-order valence-corrected chi connectivity index (χ1v) is 13.3. The molecule has 1 saturated heterocycles. The molecule has 11 nitrogen and oxygen atoms in total. The maximum absolute atomic E-state index is 12.9. The molecule has 1 aliphatic carbocycles. The van der Waals surface area contributed by atoms with Crippen LogP contribution >= 0.6 is 0 Å². The molecule has 2 atom stereocenters. The van der Waals surface area contributed by atoms with Gasteiger partial charge in [0.15, 0.2) is 0 Å². The molecule has 0 bridgehead atoms. The zero-order valence-corrected chi connectivity index (χ0v) is 22.5. The van der Waals surface area contributed by atoms with Crippen molar-refractivity contribution in [3.63, 3.8) is 0 Å². The van der Waals surface area contributed by atoms with Crippen LogP contribution in [0.2, 0.25) is 0 Å². The molecule has 3 aromatic rings. The van der Waals surface area contributed by atoms with Crippen LogP contribution in [0.25, 0.3) is 11.0 Å². The summed E-state index contributed by atoms with van der Waals surface area (Å²) >= 11 is 0. The summed E-state index contributed by atoms with van der Waals surface area (Å²) in [5.41, 5.74) is 2.47. The molecule has 2 amide bonds. The van der Waals surface area contributed by atoms with Crippen molar-refractivity contribution in [2.75, 3.05) is 32.5 Å². The van der Waals surface area contributed by atoms with Crippen LogP contribution in [0.3, 0.4) is 0 Å². The minimum absolute atomic E-state index is 0.0326. The van der Waals surface area contributed by atoms with E-state index in [9.17, 15) is 14.7 Å². The molecule has 202 valence electrons. The van der Waals surface area contributed by atoms with Gasteiger partial charge in [0.2, 0.25) is 5.95 Å². The van der Waals surface area contributed by atoms with Crippen molar-refractivity contribution in [1.82, 2.24) is 34.2 Å². The summed E-state index contributed by atoms with van der Waals surface area (Å²) in [5, 5.41) is 13.5. The molecule has 2 fully saturated rings. The average Bonchev–Trinajstić information content (AvgIpc) is 3.51. The summed E-state index contributed by atoms with van der Waals surface area (Å²) < 4.78 is 2.10. The summed E-state index contributed by atoms with van der Waals surface area (Å²) in [6, 6.07) is 5.95. The predicted octanol–water partition coefficient (Wildman–Crippen LogP) is 3.96. The highest BCUT2D eigenvalue weighted by molar-refractivity contribution is 5.97. The minimum atomic E-state index is -0.863. The second-order valence-electron chi connectivity index (χ2n) is 10.8. The Hall–Kier alpha value is -3.73. The van der Waals surface area contributed by atoms with Crippen molar-refractivity contribution in [1.29, 1.82) is 0 Å². The van der Waals surface area contributed by atoms with E-state index in [1.165, 1.54) is 4.90 Å². The van der Waals surface area contributed by atoms with Gasteiger partial charge in [0, 0.05) is 69.6 Å². The van der Waals surface area contributed by atoms with E-state index in [4.69, 9.17) is 4.98 Å². The number of carbonyl (C=O) groups excluding carboxylic acids is 1. The molecule has 2 aliphatic rings. The molecule has 1 aliphatic heterocycles. The zero-order chi connectivity index (χ0) is 27.0. The number of carbonyl (C=O) groups is 2. The van der Waals surface area contributed by atoms with Gasteiger partial charge in [-0.15, -0.1) is 0 Å². The lowest BCUT2D eigenvalue weighted by atomic mass is 10.1. The number of nitrogens with one attached hydrogen (secondary N) is 1. The third kappa shape index (κ3) is 5.15. The van der Waals surface area contributed by atoms with E-state index in [0.29, 0.717) is 37.1 Å². The van der Waals surface area contributed by atoms with Gasteiger partial charge in [0.1, 0.15) is 17.2 Å². The van der Waals surface area contributed by atoms with Gasteiger partial charge in [-0.3, -0.25) is 9.69 Å². The highest BCUT2D eigenvalue weighted by Crippen LogP contribution is 2.35. The second-order valence-corrected chi connectivity index (χ2v) is 10.8. The topological polar surface area (TPSA) is 120 Å². The number of aromatic nitrogens is 4. The molecule has 0 spiro atoms. The first-order valence-electron chi connectivity index (χ1n) is 13.3. The van der Waals surface area contributed by atoms with Gasteiger partial charge in [-0.1, -0.05) is 18.9 Å². The molecule has 38 heavy (non-hydrogen) atoms. The minimum Gasteiger partial charge on any atom is -0.465 e. The van der Waals surface area contributed by atoms with E-state index in [0.717, 1.165) is 42.3 Å². The van der Waals surface area contributed by atoms with Gasteiger partial charge < -0.3 is 24.8 Å². The Morgan fingerprint density at radius 3 is 2.39 bits per heavy atom. The smallest absolute Gasteiger partial charge is 0.407 e. The van der Waals surface area contributed by atoms with E-state index in [-0.39, 0.29) is 24.0 Å². The zero-order valence-electron chi connectivity index (χ0n) is 22.5. The Bertz CT molecular complexity index is 1300. The fraction of sp³-hybridized carbons (Fsp3) is 0.519. The van der Waals surface area contributed by atoms with Crippen LogP contribution in [0.4, 0.5) is 16.6 Å². The maximum atomic E-state index is 12.9. The predicted molar refractivity (Wildman–Crippen MR) is 145 cm³/mol. The summed E-state index contributed by atoms with van der Waals surface area (Å²) in [4.78, 5) is 43.7. The van der Waals surface area contributed by atoms with Crippen molar-refractivity contribution < 1.29 is 14.7 Å². The summed E-state index contributed by atoms with van der Waals surface area (Å²) in [7, 11) is 3.54. The SMILES string of the molecule is C[C@@H]1CN(Cc2ccc(Nc3ncc4cc(C(=O)N(C)C)n(C5CCCC5)c4n3)nc2)C[C@H](C)N1C(=O)O. The lowest BCUT2D eigenvalue weighted by Gasteiger charge is -2.42. The number of rotatable bonds is 6. The van der Waals surface area contributed by atoms with Crippen molar-refractivity contribution in [2.45, 2.75) is 64.2 Å². The third-order valence-electron chi connectivity index (χ3n) is 7.58. The fourth-order valence-electron chi connectivity index (χ4n) is 5.90. The van der Waals surface area contributed by atoms with Crippen molar-refractivity contribution in [3.05, 3.63) is 41.9 Å². The van der Waals surface area contributed by atoms with Crippen molar-refractivity contribution in [2.24, 2.45) is 0 Å². The first kappa shape index (κ1) is 25.9. The lowest BCUT2D eigenvalue weighted by molar-refractivity contribution is 0.0380. The largest absolute Gasteiger partial charge is 0.465 e. The van der Waals surface area contributed by atoms with Gasteiger partial charge in [0.05, 0.1) is 0 Å². The normalized spacial score (nSPS) is 20.7. The van der Waals surface area contributed by atoms with Crippen LogP contribution in [0.15, 0.2) is 30.6 Å². The molecule has 0 unspecified atom stereocenters. The Balaban J connectivity index is 1.32. The van der Waals surface area contributed by atoms with Crippen LogP contribution in [-0.4, -0.2) is 90.6 Å². The number of hydrogen-bond donors (Lipinski definition) is 2. The summed E-state index contributed by atoms with van der Waals surface area (Å²) in [5.74, 6) is 1.04. The number of piperazine rings is 1. The Kier molecular flexibility index (Phi) is 7.20. The van der Waals surface area contributed by atoms with E-state index in [1.54, 1.807) is 25.2 Å². The first-order chi connectivity index (χ1) is 18.2. The van der Waals surface area contributed by atoms with E-state index in [1.807, 2.05) is 38.2 Å². The second kappa shape index (κ2) is 10.6. The number of hydrogen-bond acceptors (Lipinski definition) is 7. The Morgan fingerprint density at radius 2 is 1.79 bits per heavy atom. The van der Waals surface area contributed by atoms with E-state index < -0.39 is 6.09 Å². The maximum Gasteiger partial charge on any atom is 0.407 e. The van der Waals surface area contributed by atoms with E-state index >= 15 is 0 Å². The number of nitrogens with zero attached hydrogens (tertiary/aromatic N) is 7. The van der Waals surface area contributed by atoms with E-state index in [2.05, 4.69) is 24.8 Å². The van der Waals surface area contributed by atoms with Crippen LogP contribution in [0.1, 0.15) is 61.6 Å². The lowest BCUT2D eigenvalue weighted by Crippen LogP contribution is -2.57. The number of pyridine rings is 1. The standard InChI is InChI=1S/C27H36N8O3/c1-17-14-33(15-18(2)34(17)27(37)38)16-19-9-10-23(28-12-19)30-26-29-13-20-11-22(25(36)32(3)4)35(24(20)31-26)21-7-5-6-8-21/h9-13,17-18,21H,5-8,14-16H2,1-4H3,(H,37,38)(H,28,29,30,31)/t17-,18+. The quantitative estimate of drug-likeness (QED) is 0.501. The van der Waals surface area contributed by atoms with Gasteiger partial charge in [0.25, 0.3) is 5.91 Å². The third-order valence-corrected chi connectivity index (χ3v) is 7.58. The molecular formula is C27H36N8O3. The number of fused-ring (bicyclic) bond motifs is 1. The molecule has 3 aromatic heterocycles. The highest BCUT2D eigenvalue weighted by atomic mass is 16.4. The number of anilines is 2. The van der Waals surface area contributed by atoms with Crippen molar-refractivity contribution >= 4 is 34.8 Å². The molecule has 11 heteroatoms. The van der Waals surface area contributed by atoms with Gasteiger partial charge >= 0.3 is 6.09 Å². The molecule has 1 saturated carbocycles. The highest BCUT2D eigenvalue weighted by Gasteiger charge is 2.32. The molecule has 5 rings (SSSR count). The number of carboxylic acid groups (broad SMARTS) is 1. The molecule has 2 N–H and O–H groups in total.